The van der Waals surface area contributed by atoms with E-state index in [1.54, 1.807) is 11.0 Å². The molecule has 0 saturated heterocycles. The number of carbonyl (C=O) groups is 2. The Kier molecular flexibility index (Phi) is 7.29. The summed E-state index contributed by atoms with van der Waals surface area (Å²) in [5.41, 5.74) is 4.85. The summed E-state index contributed by atoms with van der Waals surface area (Å²) < 4.78 is 13.7. The largest absolute Gasteiger partial charge is 0.338 e. The number of amides is 3. The standard InChI is InChI=1S/C26H26FN3O2S/c1-2-28-26(32)29-16-20-5-3-4-6-22(20)19-9-7-18(8-10-19)17-30-23-12-11-21(27)15-24(23)33-14-13-25(30)31/h3-12,15H,2,13-14,16-17H2,1H3,(H2,28,29,32). The Labute approximate surface area is 197 Å². The third kappa shape index (κ3) is 5.54. The fraction of sp³-hybridized carbons (Fsp3) is 0.231. The molecule has 0 unspecified atom stereocenters. The monoisotopic (exact) mass is 463 g/mol. The molecule has 1 heterocycles. The lowest BCUT2D eigenvalue weighted by molar-refractivity contribution is -0.118. The molecule has 1 aliphatic rings. The molecule has 0 spiro atoms. The van der Waals surface area contributed by atoms with Crippen LogP contribution in [0.1, 0.15) is 24.5 Å². The highest BCUT2D eigenvalue weighted by Gasteiger charge is 2.23. The third-order valence-electron chi connectivity index (χ3n) is 5.49. The van der Waals surface area contributed by atoms with Gasteiger partial charge in [-0.05, 0) is 47.4 Å². The maximum atomic E-state index is 13.7. The molecule has 2 N–H and O–H groups in total. The fourth-order valence-corrected chi connectivity index (χ4v) is 4.86. The Balaban J connectivity index is 1.53. The van der Waals surface area contributed by atoms with Gasteiger partial charge >= 0.3 is 6.03 Å². The van der Waals surface area contributed by atoms with Crippen LogP contribution in [0.5, 0.6) is 0 Å². The number of thioether (sulfide) groups is 1. The minimum Gasteiger partial charge on any atom is -0.338 e. The molecule has 0 fully saturated rings. The van der Waals surface area contributed by atoms with Crippen molar-refractivity contribution in [2.24, 2.45) is 0 Å². The second-order valence-corrected chi connectivity index (χ2v) is 8.89. The molecule has 0 bridgehead atoms. The fourth-order valence-electron chi connectivity index (χ4n) is 3.84. The van der Waals surface area contributed by atoms with E-state index in [-0.39, 0.29) is 17.8 Å². The quantitative estimate of drug-likeness (QED) is 0.519. The molecule has 3 aromatic carbocycles. The van der Waals surface area contributed by atoms with Gasteiger partial charge in [0.1, 0.15) is 5.82 Å². The molecule has 5 nitrogen and oxygen atoms in total. The molecule has 7 heteroatoms. The maximum absolute atomic E-state index is 13.7. The van der Waals surface area contributed by atoms with Crippen LogP contribution in [0.4, 0.5) is 14.9 Å². The van der Waals surface area contributed by atoms with Gasteiger partial charge in [0.2, 0.25) is 5.91 Å². The van der Waals surface area contributed by atoms with Crippen molar-refractivity contribution in [3.05, 3.63) is 83.7 Å². The first kappa shape index (κ1) is 22.9. The highest BCUT2D eigenvalue weighted by molar-refractivity contribution is 7.99. The Bertz CT molecular complexity index is 1150. The van der Waals surface area contributed by atoms with Gasteiger partial charge in [0.25, 0.3) is 0 Å². The first-order valence-corrected chi connectivity index (χ1v) is 12.0. The van der Waals surface area contributed by atoms with E-state index in [1.165, 1.54) is 23.9 Å². The first-order chi connectivity index (χ1) is 16.0. The average molecular weight is 464 g/mol. The van der Waals surface area contributed by atoms with E-state index in [0.29, 0.717) is 31.8 Å². The van der Waals surface area contributed by atoms with Gasteiger partial charge < -0.3 is 15.5 Å². The van der Waals surface area contributed by atoms with E-state index in [0.717, 1.165) is 32.8 Å². The van der Waals surface area contributed by atoms with Crippen molar-refractivity contribution >= 4 is 29.4 Å². The Morgan fingerprint density at radius 1 is 1.06 bits per heavy atom. The molecule has 0 aliphatic carbocycles. The van der Waals surface area contributed by atoms with Gasteiger partial charge in [0.15, 0.2) is 0 Å². The number of carbonyl (C=O) groups excluding carboxylic acids is 2. The highest BCUT2D eigenvalue weighted by Crippen LogP contribution is 2.36. The number of benzene rings is 3. The number of anilines is 1. The zero-order valence-corrected chi connectivity index (χ0v) is 19.3. The lowest BCUT2D eigenvalue weighted by atomic mass is 9.98. The number of nitrogens with zero attached hydrogens (tertiary/aromatic N) is 1. The maximum Gasteiger partial charge on any atom is 0.315 e. The second-order valence-electron chi connectivity index (χ2n) is 7.76. The summed E-state index contributed by atoms with van der Waals surface area (Å²) in [7, 11) is 0. The molecule has 0 radical (unpaired) electrons. The smallest absolute Gasteiger partial charge is 0.315 e. The van der Waals surface area contributed by atoms with Crippen LogP contribution in [0.3, 0.4) is 0 Å². The number of nitrogens with one attached hydrogen (secondary N) is 2. The number of hydrogen-bond acceptors (Lipinski definition) is 3. The molecule has 1 aliphatic heterocycles. The summed E-state index contributed by atoms with van der Waals surface area (Å²) in [6, 6.07) is 20.4. The predicted molar refractivity (Wildman–Crippen MR) is 131 cm³/mol. The summed E-state index contributed by atoms with van der Waals surface area (Å²) in [6.45, 7) is 3.31. The molecule has 0 atom stereocenters. The number of urea groups is 1. The van der Waals surface area contributed by atoms with Gasteiger partial charge in [-0.15, -0.1) is 11.8 Å². The molecular weight excluding hydrogens is 437 g/mol. The van der Waals surface area contributed by atoms with Crippen molar-refractivity contribution < 1.29 is 14.0 Å². The molecule has 4 rings (SSSR count). The molecule has 0 aromatic heterocycles. The zero-order valence-electron chi connectivity index (χ0n) is 18.4. The second kappa shape index (κ2) is 10.5. The van der Waals surface area contributed by atoms with Crippen molar-refractivity contribution in [1.29, 1.82) is 0 Å². The van der Waals surface area contributed by atoms with Gasteiger partial charge in [0, 0.05) is 30.2 Å². The highest BCUT2D eigenvalue weighted by atomic mass is 32.2. The van der Waals surface area contributed by atoms with E-state index >= 15 is 0 Å². The lowest BCUT2D eigenvalue weighted by Gasteiger charge is -2.23. The minimum absolute atomic E-state index is 0.0405. The lowest BCUT2D eigenvalue weighted by Crippen LogP contribution is -2.34. The van der Waals surface area contributed by atoms with Crippen LogP contribution in [-0.4, -0.2) is 24.2 Å². The first-order valence-electron chi connectivity index (χ1n) is 11.0. The number of halogens is 1. The molecule has 3 aromatic rings. The predicted octanol–water partition coefficient (Wildman–Crippen LogP) is 5.34. The molecular formula is C26H26FN3O2S. The van der Waals surface area contributed by atoms with Crippen molar-refractivity contribution in [2.45, 2.75) is 31.3 Å². The van der Waals surface area contributed by atoms with Crippen molar-refractivity contribution in [1.82, 2.24) is 10.6 Å². The van der Waals surface area contributed by atoms with E-state index in [4.69, 9.17) is 0 Å². The van der Waals surface area contributed by atoms with Crippen LogP contribution < -0.4 is 15.5 Å². The molecule has 0 saturated carbocycles. The van der Waals surface area contributed by atoms with Crippen LogP contribution in [0.25, 0.3) is 11.1 Å². The van der Waals surface area contributed by atoms with Gasteiger partial charge in [-0.1, -0.05) is 48.5 Å². The van der Waals surface area contributed by atoms with Gasteiger partial charge in [-0.3, -0.25) is 4.79 Å². The normalized spacial score (nSPS) is 13.3. The molecule has 3 amide bonds. The van der Waals surface area contributed by atoms with Crippen LogP contribution in [-0.2, 0) is 17.9 Å². The van der Waals surface area contributed by atoms with Crippen LogP contribution in [0.15, 0.2) is 71.6 Å². The summed E-state index contributed by atoms with van der Waals surface area (Å²) in [5.74, 6) is 0.394. The van der Waals surface area contributed by atoms with Gasteiger partial charge in [-0.25, -0.2) is 9.18 Å². The van der Waals surface area contributed by atoms with Gasteiger partial charge in [-0.2, -0.15) is 0 Å². The van der Waals surface area contributed by atoms with Crippen LogP contribution in [0, 0.1) is 5.82 Å². The van der Waals surface area contributed by atoms with Crippen molar-refractivity contribution in [3.63, 3.8) is 0 Å². The minimum atomic E-state index is -0.291. The van der Waals surface area contributed by atoms with E-state index < -0.39 is 0 Å². The number of hydrogen-bond donors (Lipinski definition) is 2. The Morgan fingerprint density at radius 2 is 1.85 bits per heavy atom. The van der Waals surface area contributed by atoms with Crippen molar-refractivity contribution in [2.75, 3.05) is 17.2 Å². The Hall–Kier alpha value is -3.32. The summed E-state index contributed by atoms with van der Waals surface area (Å²) in [5, 5.41) is 5.61. The topological polar surface area (TPSA) is 61.4 Å². The van der Waals surface area contributed by atoms with Gasteiger partial charge in [0.05, 0.1) is 12.2 Å². The number of fused-ring (bicyclic) bond motifs is 1. The SMILES string of the molecule is CCNC(=O)NCc1ccccc1-c1ccc(CN2C(=O)CCSc3cc(F)ccc32)cc1. The summed E-state index contributed by atoms with van der Waals surface area (Å²) in [4.78, 5) is 27.1. The number of rotatable bonds is 6. The van der Waals surface area contributed by atoms with Crippen LogP contribution in [0.2, 0.25) is 0 Å². The molecule has 33 heavy (non-hydrogen) atoms. The summed E-state index contributed by atoms with van der Waals surface area (Å²) >= 11 is 1.52. The third-order valence-corrected chi connectivity index (χ3v) is 6.53. The molecule has 170 valence electrons. The van der Waals surface area contributed by atoms with E-state index in [2.05, 4.69) is 10.6 Å². The van der Waals surface area contributed by atoms with E-state index in [9.17, 15) is 14.0 Å². The Morgan fingerprint density at radius 3 is 2.64 bits per heavy atom. The van der Waals surface area contributed by atoms with Crippen LogP contribution >= 0.6 is 11.8 Å². The zero-order chi connectivity index (χ0) is 23.2. The van der Waals surface area contributed by atoms with E-state index in [1.807, 2.05) is 55.5 Å². The average Bonchev–Trinajstić information content (AvgIpc) is 2.97. The summed E-state index contributed by atoms with van der Waals surface area (Å²) in [6.07, 6.45) is 0.422. The van der Waals surface area contributed by atoms with Crippen molar-refractivity contribution in [3.8, 4) is 11.1 Å².